The second-order valence-electron chi connectivity index (χ2n) is 2.29. The Bertz CT molecular complexity index is 385. The molecule has 0 unspecified atom stereocenters. The highest BCUT2D eigenvalue weighted by Crippen LogP contribution is 2.13. The molecular weight excluding hydrogens is 206 g/mol. The molecule has 1 heterocycles. The number of nitrogens with one attached hydrogen (secondary N) is 1. The van der Waals surface area contributed by atoms with Crippen LogP contribution in [-0.4, -0.2) is 27.2 Å². The quantitative estimate of drug-likeness (QED) is 0.710. The molecule has 14 heavy (non-hydrogen) atoms. The van der Waals surface area contributed by atoms with Crippen molar-refractivity contribution in [2.45, 2.75) is 6.92 Å². The molecule has 6 nitrogen and oxygen atoms in total. The lowest BCUT2D eigenvalue weighted by Gasteiger charge is -1.92. The molecule has 0 fully saturated rings. The van der Waals surface area contributed by atoms with Crippen LogP contribution in [0.5, 0.6) is 0 Å². The minimum absolute atomic E-state index is 0.350. The number of carbonyl (C=O) groups is 2. The van der Waals surface area contributed by atoms with Crippen molar-refractivity contribution in [3.05, 3.63) is 17.2 Å². The van der Waals surface area contributed by atoms with E-state index in [-0.39, 0.29) is 0 Å². The summed E-state index contributed by atoms with van der Waals surface area (Å²) in [6.07, 6.45) is 1.67. The van der Waals surface area contributed by atoms with Crippen LogP contribution in [0.25, 0.3) is 0 Å². The Hall–Kier alpha value is -1.76. The maximum atomic E-state index is 11.0. The predicted octanol–water partition coefficient (Wildman–Crippen LogP) is 0.426. The molecule has 1 aromatic heterocycles. The SMILES string of the molecule is Cc1nnc(NC(=O)/C=C/C(=O)O)s1. The number of carboxylic acids is 1. The fraction of sp³-hybridized carbons (Fsp3) is 0.143. The fourth-order valence-corrected chi connectivity index (χ4v) is 1.24. The highest BCUT2D eigenvalue weighted by molar-refractivity contribution is 7.15. The second kappa shape index (κ2) is 4.47. The Kier molecular flexibility index (Phi) is 3.29. The van der Waals surface area contributed by atoms with Crippen LogP contribution in [0, 0.1) is 6.92 Å². The minimum Gasteiger partial charge on any atom is -0.478 e. The van der Waals surface area contributed by atoms with Crippen LogP contribution in [0.3, 0.4) is 0 Å². The van der Waals surface area contributed by atoms with E-state index in [2.05, 4.69) is 15.5 Å². The number of aliphatic carboxylic acids is 1. The van der Waals surface area contributed by atoms with Crippen LogP contribution < -0.4 is 5.32 Å². The lowest BCUT2D eigenvalue weighted by Crippen LogP contribution is -2.08. The van der Waals surface area contributed by atoms with E-state index in [1.54, 1.807) is 6.92 Å². The van der Waals surface area contributed by atoms with Gasteiger partial charge in [0.25, 0.3) is 0 Å². The number of hydrogen-bond donors (Lipinski definition) is 2. The molecule has 0 atom stereocenters. The van der Waals surface area contributed by atoms with Crippen molar-refractivity contribution >= 4 is 28.3 Å². The van der Waals surface area contributed by atoms with Gasteiger partial charge >= 0.3 is 5.97 Å². The number of hydrogen-bond acceptors (Lipinski definition) is 5. The van der Waals surface area contributed by atoms with E-state index in [9.17, 15) is 9.59 Å². The van der Waals surface area contributed by atoms with Crippen molar-refractivity contribution in [1.29, 1.82) is 0 Å². The molecule has 1 aromatic rings. The monoisotopic (exact) mass is 213 g/mol. The minimum atomic E-state index is -1.17. The molecule has 0 aliphatic carbocycles. The number of nitrogens with zero attached hydrogens (tertiary/aromatic N) is 2. The second-order valence-corrected chi connectivity index (χ2v) is 3.47. The summed E-state index contributed by atoms with van der Waals surface area (Å²) in [5.74, 6) is -1.71. The maximum Gasteiger partial charge on any atom is 0.328 e. The first-order valence-corrected chi connectivity index (χ1v) is 4.41. The van der Waals surface area contributed by atoms with E-state index in [0.717, 1.165) is 17.2 Å². The summed E-state index contributed by atoms with van der Waals surface area (Å²) < 4.78 is 0. The van der Waals surface area contributed by atoms with Crippen molar-refractivity contribution in [3.8, 4) is 0 Å². The first-order valence-electron chi connectivity index (χ1n) is 3.60. The largest absolute Gasteiger partial charge is 0.478 e. The van der Waals surface area contributed by atoms with Gasteiger partial charge < -0.3 is 5.11 Å². The Morgan fingerprint density at radius 2 is 2.14 bits per heavy atom. The third-order valence-electron chi connectivity index (χ3n) is 1.13. The number of rotatable bonds is 3. The van der Waals surface area contributed by atoms with E-state index in [1.807, 2.05) is 0 Å². The van der Waals surface area contributed by atoms with Crippen LogP contribution in [0.2, 0.25) is 0 Å². The van der Waals surface area contributed by atoms with E-state index in [4.69, 9.17) is 5.11 Å². The maximum absolute atomic E-state index is 11.0. The topological polar surface area (TPSA) is 92.2 Å². The van der Waals surface area contributed by atoms with Gasteiger partial charge in [-0.2, -0.15) is 0 Å². The van der Waals surface area contributed by atoms with Gasteiger partial charge in [0, 0.05) is 12.2 Å². The van der Waals surface area contributed by atoms with Crippen molar-refractivity contribution in [1.82, 2.24) is 10.2 Å². The zero-order valence-electron chi connectivity index (χ0n) is 7.22. The summed E-state index contributed by atoms with van der Waals surface area (Å²) in [7, 11) is 0. The highest BCUT2D eigenvalue weighted by Gasteiger charge is 2.02. The molecule has 0 saturated heterocycles. The Morgan fingerprint density at radius 1 is 1.43 bits per heavy atom. The van der Waals surface area contributed by atoms with Crippen LogP contribution in [0.1, 0.15) is 5.01 Å². The Morgan fingerprint density at radius 3 is 2.64 bits per heavy atom. The molecule has 0 aliphatic heterocycles. The lowest BCUT2D eigenvalue weighted by molar-refractivity contribution is -0.131. The normalized spacial score (nSPS) is 10.4. The van der Waals surface area contributed by atoms with Gasteiger partial charge in [-0.05, 0) is 6.92 Å². The van der Waals surface area contributed by atoms with Crippen molar-refractivity contribution in [2.24, 2.45) is 0 Å². The van der Waals surface area contributed by atoms with E-state index < -0.39 is 11.9 Å². The Balaban J connectivity index is 2.53. The summed E-state index contributed by atoms with van der Waals surface area (Å²) in [4.78, 5) is 21.1. The third kappa shape index (κ3) is 3.31. The summed E-state index contributed by atoms with van der Waals surface area (Å²) in [6, 6.07) is 0. The van der Waals surface area contributed by atoms with Crippen LogP contribution in [0.15, 0.2) is 12.2 Å². The molecular formula is C7H7N3O3S. The molecule has 2 N–H and O–H groups in total. The van der Waals surface area contributed by atoms with Crippen LogP contribution in [0.4, 0.5) is 5.13 Å². The smallest absolute Gasteiger partial charge is 0.328 e. The van der Waals surface area contributed by atoms with Gasteiger partial charge in [0.1, 0.15) is 5.01 Å². The number of carboxylic acid groups (broad SMARTS) is 1. The summed E-state index contributed by atoms with van der Waals surface area (Å²) in [5.41, 5.74) is 0. The predicted molar refractivity (Wildman–Crippen MR) is 50.1 cm³/mol. The molecule has 1 rings (SSSR count). The van der Waals surface area contributed by atoms with E-state index in [1.165, 1.54) is 11.3 Å². The first-order chi connectivity index (χ1) is 6.58. The molecule has 74 valence electrons. The van der Waals surface area contributed by atoms with Crippen molar-refractivity contribution < 1.29 is 14.7 Å². The van der Waals surface area contributed by atoms with Gasteiger partial charge in [-0.3, -0.25) is 10.1 Å². The molecule has 0 saturated carbocycles. The van der Waals surface area contributed by atoms with Gasteiger partial charge in [-0.25, -0.2) is 4.79 Å². The van der Waals surface area contributed by atoms with Gasteiger partial charge in [0.15, 0.2) is 0 Å². The Labute approximate surface area is 83.3 Å². The molecule has 0 aromatic carbocycles. The number of anilines is 1. The lowest BCUT2D eigenvalue weighted by atomic mass is 10.5. The van der Waals surface area contributed by atoms with E-state index in [0.29, 0.717) is 5.13 Å². The number of amides is 1. The highest BCUT2D eigenvalue weighted by atomic mass is 32.1. The number of carbonyl (C=O) groups excluding carboxylic acids is 1. The van der Waals surface area contributed by atoms with E-state index >= 15 is 0 Å². The summed E-state index contributed by atoms with van der Waals surface area (Å²) in [5, 5.41) is 19.0. The zero-order valence-corrected chi connectivity index (χ0v) is 8.04. The van der Waals surface area contributed by atoms with Crippen molar-refractivity contribution in [3.63, 3.8) is 0 Å². The first kappa shape index (κ1) is 10.3. The van der Waals surface area contributed by atoms with Crippen LogP contribution in [-0.2, 0) is 9.59 Å². The zero-order chi connectivity index (χ0) is 10.6. The summed E-state index contributed by atoms with van der Waals surface area (Å²) >= 11 is 1.21. The fourth-order valence-electron chi connectivity index (χ4n) is 0.641. The molecule has 7 heteroatoms. The molecule has 0 bridgehead atoms. The molecule has 0 aliphatic rings. The van der Waals surface area contributed by atoms with Gasteiger partial charge in [-0.15, -0.1) is 10.2 Å². The van der Waals surface area contributed by atoms with Gasteiger partial charge in [-0.1, -0.05) is 11.3 Å². The molecule has 0 spiro atoms. The summed E-state index contributed by atoms with van der Waals surface area (Å²) in [6.45, 7) is 1.75. The molecule has 0 radical (unpaired) electrons. The third-order valence-corrected chi connectivity index (χ3v) is 1.89. The molecule has 1 amide bonds. The van der Waals surface area contributed by atoms with Crippen molar-refractivity contribution in [2.75, 3.05) is 5.32 Å². The average molecular weight is 213 g/mol. The number of aryl methyl sites for hydroxylation is 1. The average Bonchev–Trinajstić information content (AvgIpc) is 2.48. The van der Waals surface area contributed by atoms with Crippen LogP contribution >= 0.6 is 11.3 Å². The number of aromatic nitrogens is 2. The van der Waals surface area contributed by atoms with Gasteiger partial charge in [0.05, 0.1) is 0 Å². The standard InChI is InChI=1S/C7H7N3O3S/c1-4-9-10-7(14-4)8-5(11)2-3-6(12)13/h2-3H,1H3,(H,12,13)(H,8,10,11)/b3-2+. The van der Waals surface area contributed by atoms with Gasteiger partial charge in [0.2, 0.25) is 11.0 Å².